The molecular weight excluding hydrogens is 615 g/mol. The number of benzene rings is 7. The van der Waals surface area contributed by atoms with Crippen molar-refractivity contribution in [3.8, 4) is 33.4 Å². The van der Waals surface area contributed by atoms with Gasteiger partial charge in [0.1, 0.15) is 0 Å². The number of hydrogen-bond acceptors (Lipinski definition) is 1. The van der Waals surface area contributed by atoms with E-state index >= 15 is 0 Å². The summed E-state index contributed by atoms with van der Waals surface area (Å²) >= 11 is 0. The van der Waals surface area contributed by atoms with Crippen molar-refractivity contribution in [2.24, 2.45) is 17.8 Å². The van der Waals surface area contributed by atoms with Crippen LogP contribution in [0.15, 0.2) is 170 Å². The van der Waals surface area contributed by atoms with E-state index in [0.29, 0.717) is 5.41 Å². The van der Waals surface area contributed by atoms with Crippen LogP contribution in [-0.4, -0.2) is 0 Å². The summed E-state index contributed by atoms with van der Waals surface area (Å²) in [5, 5.41) is 2.48. The first-order chi connectivity index (χ1) is 25.2. The van der Waals surface area contributed by atoms with Crippen LogP contribution in [0.2, 0.25) is 0 Å². The van der Waals surface area contributed by atoms with Crippen LogP contribution < -0.4 is 4.90 Å². The van der Waals surface area contributed by atoms with Gasteiger partial charge >= 0.3 is 0 Å². The third kappa shape index (κ3) is 5.66. The van der Waals surface area contributed by atoms with Gasteiger partial charge in [-0.1, -0.05) is 133 Å². The van der Waals surface area contributed by atoms with E-state index in [1.807, 2.05) is 0 Å². The summed E-state index contributed by atoms with van der Waals surface area (Å²) < 4.78 is 0. The lowest BCUT2D eigenvalue weighted by Crippen LogP contribution is -2.48. The van der Waals surface area contributed by atoms with Crippen molar-refractivity contribution in [2.45, 2.75) is 43.9 Å². The second-order valence-electron chi connectivity index (χ2n) is 15.7. The Morgan fingerprint density at radius 1 is 0.353 bits per heavy atom. The van der Waals surface area contributed by atoms with Crippen LogP contribution in [0, 0.1) is 17.8 Å². The van der Waals surface area contributed by atoms with E-state index < -0.39 is 0 Å². The van der Waals surface area contributed by atoms with E-state index in [1.54, 1.807) is 5.56 Å². The van der Waals surface area contributed by atoms with Crippen LogP contribution in [0.3, 0.4) is 0 Å². The second kappa shape index (κ2) is 12.4. The Morgan fingerprint density at radius 2 is 0.745 bits per heavy atom. The molecule has 0 saturated heterocycles. The van der Waals surface area contributed by atoms with Crippen LogP contribution in [0.25, 0.3) is 44.2 Å². The average Bonchev–Trinajstić information content (AvgIpc) is 3.18. The molecule has 0 radical (unpaired) electrons. The fourth-order valence-electron chi connectivity index (χ4n) is 10.3. The van der Waals surface area contributed by atoms with Crippen molar-refractivity contribution >= 4 is 27.8 Å². The summed E-state index contributed by atoms with van der Waals surface area (Å²) in [5.41, 5.74) is 13.0. The lowest BCUT2D eigenvalue weighted by atomic mass is 9.48. The van der Waals surface area contributed by atoms with Crippen LogP contribution in [0.1, 0.15) is 44.1 Å². The Morgan fingerprint density at radius 3 is 1.25 bits per heavy atom. The standard InChI is InChI=1S/C50H43N/c1-2-6-38(7-3-1)43-16-23-47(24-17-43)51(49-27-20-39-8-4-5-9-45(39)31-49)48-25-18-44(19-26-48)41-12-10-40(11-13-41)42-14-21-46(22-15-42)50-32-35-28-36(33-50)30-37(29-35)34-50/h1-27,31,35-37H,28-30,32-34H2. The zero-order valence-corrected chi connectivity index (χ0v) is 29.1. The first-order valence-corrected chi connectivity index (χ1v) is 18.9. The molecule has 0 unspecified atom stereocenters. The largest absolute Gasteiger partial charge is 0.310 e. The van der Waals surface area contributed by atoms with Gasteiger partial charge in [-0.3, -0.25) is 0 Å². The Kier molecular flexibility index (Phi) is 7.41. The highest BCUT2D eigenvalue weighted by atomic mass is 15.1. The number of fused-ring (bicyclic) bond motifs is 1. The molecule has 11 rings (SSSR count). The summed E-state index contributed by atoms with van der Waals surface area (Å²) in [6.45, 7) is 0. The molecule has 0 aromatic heterocycles. The summed E-state index contributed by atoms with van der Waals surface area (Å²) in [5.74, 6) is 2.93. The molecule has 4 bridgehead atoms. The van der Waals surface area contributed by atoms with Crippen LogP contribution >= 0.6 is 0 Å². The third-order valence-corrected chi connectivity index (χ3v) is 12.4. The first-order valence-electron chi connectivity index (χ1n) is 18.9. The van der Waals surface area contributed by atoms with Gasteiger partial charge in [0, 0.05) is 17.1 Å². The molecule has 4 aliphatic rings. The maximum Gasteiger partial charge on any atom is 0.0468 e. The minimum Gasteiger partial charge on any atom is -0.310 e. The van der Waals surface area contributed by atoms with E-state index in [2.05, 4.69) is 175 Å². The van der Waals surface area contributed by atoms with Crippen molar-refractivity contribution in [2.75, 3.05) is 4.90 Å². The fourth-order valence-corrected chi connectivity index (χ4v) is 10.3. The van der Waals surface area contributed by atoms with Crippen molar-refractivity contribution in [3.63, 3.8) is 0 Å². The Hall–Kier alpha value is -5.40. The van der Waals surface area contributed by atoms with E-state index in [1.165, 1.54) is 82.7 Å². The quantitative estimate of drug-likeness (QED) is 0.165. The lowest BCUT2D eigenvalue weighted by Gasteiger charge is -2.57. The number of nitrogens with zero attached hydrogens (tertiary/aromatic N) is 1. The van der Waals surface area contributed by atoms with Gasteiger partial charge in [-0.15, -0.1) is 0 Å². The van der Waals surface area contributed by atoms with Crippen LogP contribution in [0.5, 0.6) is 0 Å². The molecule has 7 aromatic carbocycles. The van der Waals surface area contributed by atoms with E-state index in [0.717, 1.165) is 34.8 Å². The topological polar surface area (TPSA) is 3.24 Å². The zero-order valence-electron chi connectivity index (χ0n) is 29.1. The molecule has 7 aromatic rings. The van der Waals surface area contributed by atoms with Crippen molar-refractivity contribution in [1.29, 1.82) is 0 Å². The first kappa shape index (κ1) is 30.4. The molecule has 0 spiro atoms. The summed E-state index contributed by atoms with van der Waals surface area (Å²) in [4.78, 5) is 2.36. The van der Waals surface area contributed by atoms with Gasteiger partial charge in [0.2, 0.25) is 0 Å². The molecular formula is C50H43N. The summed E-state index contributed by atoms with van der Waals surface area (Å²) in [6, 6.07) is 62.7. The smallest absolute Gasteiger partial charge is 0.0468 e. The highest BCUT2D eigenvalue weighted by Crippen LogP contribution is 2.60. The molecule has 0 N–H and O–H groups in total. The highest BCUT2D eigenvalue weighted by Gasteiger charge is 2.51. The van der Waals surface area contributed by atoms with Gasteiger partial charge in [-0.25, -0.2) is 0 Å². The minimum atomic E-state index is 0.457. The summed E-state index contributed by atoms with van der Waals surface area (Å²) in [7, 11) is 0. The van der Waals surface area contributed by atoms with Crippen molar-refractivity contribution in [3.05, 3.63) is 175 Å². The Balaban J connectivity index is 0.917. The van der Waals surface area contributed by atoms with E-state index in [-0.39, 0.29) is 0 Å². The van der Waals surface area contributed by atoms with Gasteiger partial charge in [0.15, 0.2) is 0 Å². The Bertz CT molecular complexity index is 2260. The Labute approximate surface area is 302 Å². The molecule has 1 nitrogen and oxygen atoms in total. The second-order valence-corrected chi connectivity index (χ2v) is 15.7. The molecule has 1 heteroatoms. The summed E-state index contributed by atoms with van der Waals surface area (Å²) in [6.07, 6.45) is 8.76. The number of hydrogen-bond donors (Lipinski definition) is 0. The molecule has 51 heavy (non-hydrogen) atoms. The number of rotatable bonds is 7. The molecule has 4 aliphatic carbocycles. The van der Waals surface area contributed by atoms with Gasteiger partial charge in [0.05, 0.1) is 0 Å². The molecule has 248 valence electrons. The predicted octanol–water partition coefficient (Wildman–Crippen LogP) is 13.8. The van der Waals surface area contributed by atoms with Gasteiger partial charge in [-0.05, 0) is 148 Å². The molecule has 0 amide bonds. The molecule has 0 aliphatic heterocycles. The molecule has 0 heterocycles. The average molecular weight is 658 g/mol. The zero-order chi connectivity index (χ0) is 33.8. The fraction of sp³-hybridized carbons (Fsp3) is 0.200. The highest BCUT2D eigenvalue weighted by molar-refractivity contribution is 5.89. The molecule has 4 fully saturated rings. The molecule has 0 atom stereocenters. The van der Waals surface area contributed by atoms with E-state index in [4.69, 9.17) is 0 Å². The van der Waals surface area contributed by atoms with Crippen LogP contribution in [-0.2, 0) is 5.41 Å². The maximum absolute atomic E-state index is 2.46. The number of anilines is 3. The SMILES string of the molecule is c1ccc(-c2ccc(N(c3ccc(-c4ccc(-c5ccc(C67CC8CC(CC(C8)C6)C7)cc5)cc4)cc3)c3ccc4ccccc4c3)cc2)cc1. The maximum atomic E-state index is 2.46. The monoisotopic (exact) mass is 657 g/mol. The van der Waals surface area contributed by atoms with Crippen LogP contribution in [0.4, 0.5) is 17.1 Å². The van der Waals surface area contributed by atoms with Crippen molar-refractivity contribution in [1.82, 2.24) is 0 Å². The van der Waals surface area contributed by atoms with E-state index in [9.17, 15) is 0 Å². The normalized spacial score (nSPS) is 21.9. The van der Waals surface area contributed by atoms with Gasteiger partial charge < -0.3 is 4.90 Å². The van der Waals surface area contributed by atoms with Crippen molar-refractivity contribution < 1.29 is 0 Å². The van der Waals surface area contributed by atoms with Gasteiger partial charge in [0.25, 0.3) is 0 Å². The predicted molar refractivity (Wildman–Crippen MR) is 215 cm³/mol. The lowest BCUT2D eigenvalue weighted by molar-refractivity contribution is -0.00518. The van der Waals surface area contributed by atoms with Gasteiger partial charge in [-0.2, -0.15) is 0 Å². The molecule has 4 saturated carbocycles. The minimum absolute atomic E-state index is 0.457. The third-order valence-electron chi connectivity index (χ3n) is 12.4.